The van der Waals surface area contributed by atoms with Crippen molar-refractivity contribution in [2.24, 2.45) is 0 Å². The number of hydrogen-bond acceptors (Lipinski definition) is 3. The summed E-state index contributed by atoms with van der Waals surface area (Å²) in [6.45, 7) is 10.3. The molecule has 2 atom stereocenters. The van der Waals surface area contributed by atoms with Crippen LogP contribution in [-0.2, 0) is 4.79 Å². The second kappa shape index (κ2) is 10.4. The van der Waals surface area contributed by atoms with Gasteiger partial charge in [0.05, 0.1) is 17.8 Å². The molecule has 5 rings (SSSR count). The first-order chi connectivity index (χ1) is 18.3. The van der Waals surface area contributed by atoms with Crippen molar-refractivity contribution in [1.82, 2.24) is 14.9 Å². The van der Waals surface area contributed by atoms with Crippen molar-refractivity contribution >= 4 is 34.6 Å². The zero-order valence-electron chi connectivity index (χ0n) is 22.4. The maximum Gasteiger partial charge on any atom is 0.224 e. The van der Waals surface area contributed by atoms with Gasteiger partial charge in [0.2, 0.25) is 5.91 Å². The maximum absolute atomic E-state index is 12.0. The van der Waals surface area contributed by atoms with E-state index in [-0.39, 0.29) is 18.0 Å². The van der Waals surface area contributed by atoms with Gasteiger partial charge in [-0.3, -0.25) is 9.78 Å². The van der Waals surface area contributed by atoms with Gasteiger partial charge < -0.3 is 20.1 Å². The molecule has 1 aliphatic heterocycles. The van der Waals surface area contributed by atoms with Crippen LogP contribution in [-0.4, -0.2) is 20.6 Å². The number of thiocarbonyl (C=S) groups is 1. The van der Waals surface area contributed by atoms with Gasteiger partial charge in [-0.2, -0.15) is 0 Å². The predicted octanol–water partition coefficient (Wildman–Crippen LogP) is 6.63. The van der Waals surface area contributed by atoms with Crippen LogP contribution in [0.1, 0.15) is 59.2 Å². The third-order valence-electron chi connectivity index (χ3n) is 7.33. The molecule has 4 aromatic rings. The molecule has 1 fully saturated rings. The van der Waals surface area contributed by atoms with E-state index >= 15 is 0 Å². The summed E-state index contributed by atoms with van der Waals surface area (Å²) in [6.07, 6.45) is 2.26. The van der Waals surface area contributed by atoms with Gasteiger partial charge in [-0.25, -0.2) is 0 Å². The van der Waals surface area contributed by atoms with Gasteiger partial charge in [0.25, 0.3) is 0 Å². The number of amides is 1. The number of anilines is 2. The van der Waals surface area contributed by atoms with E-state index in [1.807, 2.05) is 50.4 Å². The molecule has 194 valence electrons. The molecular weight excluding hydrogens is 490 g/mol. The van der Waals surface area contributed by atoms with Gasteiger partial charge in [-0.1, -0.05) is 31.2 Å². The molecule has 2 N–H and O–H groups in total. The number of aryl methyl sites for hydroxylation is 3. The fourth-order valence-corrected chi connectivity index (χ4v) is 5.74. The van der Waals surface area contributed by atoms with E-state index in [4.69, 9.17) is 17.2 Å². The molecular formula is C31H33N5OS. The van der Waals surface area contributed by atoms with Crippen LogP contribution in [0.25, 0.3) is 5.69 Å². The zero-order valence-corrected chi connectivity index (χ0v) is 23.3. The molecule has 2 aromatic heterocycles. The molecule has 6 nitrogen and oxygen atoms in total. The summed E-state index contributed by atoms with van der Waals surface area (Å²) in [4.78, 5) is 18.9. The van der Waals surface area contributed by atoms with E-state index < -0.39 is 0 Å². The van der Waals surface area contributed by atoms with E-state index in [1.165, 1.54) is 22.5 Å². The Bertz CT molecular complexity index is 1510. The summed E-state index contributed by atoms with van der Waals surface area (Å²) in [6, 6.07) is 22.6. The van der Waals surface area contributed by atoms with Crippen LogP contribution < -0.4 is 15.5 Å². The second-order valence-corrected chi connectivity index (χ2v) is 10.2. The molecule has 38 heavy (non-hydrogen) atoms. The molecule has 2 aromatic carbocycles. The monoisotopic (exact) mass is 523 g/mol. The summed E-state index contributed by atoms with van der Waals surface area (Å²) >= 11 is 5.95. The van der Waals surface area contributed by atoms with Crippen LogP contribution in [0.3, 0.4) is 0 Å². The molecule has 0 saturated carbocycles. The average Bonchev–Trinajstić information content (AvgIpc) is 3.41. The minimum Gasteiger partial charge on any atom is -0.351 e. The fraction of sp³-hybridized carbons (Fsp3) is 0.258. The van der Waals surface area contributed by atoms with Crippen molar-refractivity contribution in [3.63, 3.8) is 0 Å². The van der Waals surface area contributed by atoms with E-state index in [9.17, 15) is 4.79 Å². The molecule has 0 radical (unpaired) electrons. The number of aromatic nitrogens is 2. The predicted molar refractivity (Wildman–Crippen MR) is 158 cm³/mol. The first-order valence-electron chi connectivity index (χ1n) is 13.0. The van der Waals surface area contributed by atoms with Crippen molar-refractivity contribution in [3.05, 3.63) is 107 Å². The number of nitrogens with one attached hydrogen (secondary N) is 2. The SMILES string of the molecule is CCC(=O)Nc1ccc(N2C(=S)N[C@H](c3ccccn3)[C@@H]2c2cc(C)n(-c3ccccc3C)c2C)cc1C. The Hall–Kier alpha value is -3.97. The molecule has 7 heteroatoms. The van der Waals surface area contributed by atoms with Crippen LogP contribution in [0, 0.1) is 27.7 Å². The number of carbonyl (C=O) groups is 1. The molecule has 1 amide bonds. The summed E-state index contributed by atoms with van der Waals surface area (Å²) < 4.78 is 2.33. The molecule has 0 bridgehead atoms. The number of benzene rings is 2. The van der Waals surface area contributed by atoms with Crippen molar-refractivity contribution in [2.45, 2.75) is 53.1 Å². The van der Waals surface area contributed by atoms with E-state index in [1.54, 1.807) is 0 Å². The molecule has 3 heterocycles. The maximum atomic E-state index is 12.0. The number of para-hydroxylation sites is 1. The van der Waals surface area contributed by atoms with Crippen molar-refractivity contribution in [3.8, 4) is 5.69 Å². The third-order valence-corrected chi connectivity index (χ3v) is 7.64. The van der Waals surface area contributed by atoms with E-state index in [2.05, 4.69) is 77.3 Å². The van der Waals surface area contributed by atoms with Gasteiger partial charge in [-0.15, -0.1) is 0 Å². The van der Waals surface area contributed by atoms with Crippen molar-refractivity contribution in [2.75, 3.05) is 10.2 Å². The summed E-state index contributed by atoms with van der Waals surface area (Å²) in [5.74, 6) is -0.00375. The Labute approximate surface area is 229 Å². The lowest BCUT2D eigenvalue weighted by atomic mass is 9.96. The standard InChI is InChI=1S/C31H33N5OS/c1-6-28(37)33-25-15-14-23(17-20(25)3)36-30(29(34-31(36)38)26-12-9-10-16-32-26)24-18-21(4)35(22(24)5)27-13-8-7-11-19(27)2/h7-18,29-30H,6H2,1-5H3,(H,33,37)(H,34,38)/t29-,30+/m1/s1. The second-order valence-electron chi connectivity index (χ2n) is 9.85. The Morgan fingerprint density at radius 2 is 1.76 bits per heavy atom. The Kier molecular flexibility index (Phi) is 7.04. The highest BCUT2D eigenvalue weighted by molar-refractivity contribution is 7.80. The lowest BCUT2D eigenvalue weighted by Crippen LogP contribution is -2.29. The highest BCUT2D eigenvalue weighted by atomic mass is 32.1. The van der Waals surface area contributed by atoms with Crippen LogP contribution in [0.2, 0.25) is 0 Å². The summed E-state index contributed by atoms with van der Waals surface area (Å²) in [5, 5.41) is 7.21. The fourth-order valence-electron chi connectivity index (χ4n) is 5.40. The van der Waals surface area contributed by atoms with Crippen LogP contribution in [0.5, 0.6) is 0 Å². The zero-order chi connectivity index (χ0) is 27.0. The van der Waals surface area contributed by atoms with E-state index in [0.29, 0.717) is 11.5 Å². The lowest BCUT2D eigenvalue weighted by Gasteiger charge is -2.29. The Balaban J connectivity index is 1.64. The minimum atomic E-state index is -0.130. The Morgan fingerprint density at radius 1 is 1.00 bits per heavy atom. The number of hydrogen-bond donors (Lipinski definition) is 2. The smallest absolute Gasteiger partial charge is 0.224 e. The van der Waals surface area contributed by atoms with E-state index in [0.717, 1.165) is 28.3 Å². The first-order valence-corrected chi connectivity index (χ1v) is 13.4. The van der Waals surface area contributed by atoms with Crippen LogP contribution in [0.15, 0.2) is 72.9 Å². The molecule has 0 spiro atoms. The molecule has 1 aliphatic rings. The normalized spacial score (nSPS) is 17.0. The van der Waals surface area contributed by atoms with Gasteiger partial charge in [-0.05, 0) is 99.1 Å². The van der Waals surface area contributed by atoms with Crippen LogP contribution in [0.4, 0.5) is 11.4 Å². The largest absolute Gasteiger partial charge is 0.351 e. The van der Waals surface area contributed by atoms with Gasteiger partial charge in [0.15, 0.2) is 5.11 Å². The lowest BCUT2D eigenvalue weighted by molar-refractivity contribution is -0.115. The van der Waals surface area contributed by atoms with Gasteiger partial charge in [0, 0.05) is 41.1 Å². The summed E-state index contributed by atoms with van der Waals surface area (Å²) in [7, 11) is 0. The van der Waals surface area contributed by atoms with Gasteiger partial charge >= 0.3 is 0 Å². The minimum absolute atomic E-state index is 0.00375. The first kappa shape index (κ1) is 25.7. The number of rotatable bonds is 6. The topological polar surface area (TPSA) is 62.2 Å². The van der Waals surface area contributed by atoms with Gasteiger partial charge in [0.1, 0.15) is 0 Å². The van der Waals surface area contributed by atoms with Crippen molar-refractivity contribution in [1.29, 1.82) is 0 Å². The summed E-state index contributed by atoms with van der Waals surface area (Å²) in [5.41, 5.74) is 9.63. The average molecular weight is 524 g/mol. The molecule has 0 unspecified atom stereocenters. The highest BCUT2D eigenvalue weighted by Gasteiger charge is 2.42. The third kappa shape index (κ3) is 4.58. The number of carbonyl (C=O) groups excluding carboxylic acids is 1. The molecule has 0 aliphatic carbocycles. The Morgan fingerprint density at radius 3 is 2.45 bits per heavy atom. The molecule has 1 saturated heterocycles. The highest BCUT2D eigenvalue weighted by Crippen LogP contribution is 2.44. The number of pyridine rings is 1. The van der Waals surface area contributed by atoms with Crippen LogP contribution >= 0.6 is 12.2 Å². The quantitative estimate of drug-likeness (QED) is 0.278. The van der Waals surface area contributed by atoms with Crippen molar-refractivity contribution < 1.29 is 4.79 Å². The number of nitrogens with zero attached hydrogens (tertiary/aromatic N) is 3.